The lowest BCUT2D eigenvalue weighted by Crippen LogP contribution is -2.33. The molecule has 0 spiro atoms. The highest BCUT2D eigenvalue weighted by Crippen LogP contribution is 2.20. The Kier molecular flexibility index (Phi) is 8.08. The number of hydrogen-bond acceptors (Lipinski definition) is 4. The van der Waals surface area contributed by atoms with Gasteiger partial charge in [-0.2, -0.15) is 0 Å². The zero-order valence-corrected chi connectivity index (χ0v) is 9.41. The fourth-order valence-electron chi connectivity index (χ4n) is 1.25. The van der Waals surface area contributed by atoms with Crippen molar-refractivity contribution >= 4 is 0 Å². The summed E-state index contributed by atoms with van der Waals surface area (Å²) in [5.74, 6) is 0. The lowest BCUT2D eigenvalue weighted by atomic mass is 9.93. The number of methoxy groups -OCH3 is 3. The van der Waals surface area contributed by atoms with Crippen LogP contribution in [0.2, 0.25) is 0 Å². The van der Waals surface area contributed by atoms with Crippen molar-refractivity contribution in [2.45, 2.75) is 24.9 Å². The van der Waals surface area contributed by atoms with Gasteiger partial charge in [0.1, 0.15) is 0 Å². The summed E-state index contributed by atoms with van der Waals surface area (Å²) in [6.07, 6.45) is 1.86. The third kappa shape index (κ3) is 6.32. The first-order valence-corrected chi connectivity index (χ1v) is 4.88. The molecular formula is C10H22O4. The second-order valence-corrected chi connectivity index (χ2v) is 3.45. The average molecular weight is 206 g/mol. The van der Waals surface area contributed by atoms with E-state index in [1.807, 2.05) is 0 Å². The highest BCUT2D eigenvalue weighted by atomic mass is 16.5. The van der Waals surface area contributed by atoms with Crippen LogP contribution in [0.15, 0.2) is 0 Å². The largest absolute Gasteiger partial charge is 0.390 e. The standard InChI is InChI=1S/C10H22O4/c1-12-7-4-10(11,5-8-13-2)6-9-14-3/h11H,4-9H2,1-3H3. The Bertz CT molecular complexity index is 106. The van der Waals surface area contributed by atoms with Crippen molar-refractivity contribution in [1.82, 2.24) is 0 Å². The molecule has 0 aliphatic rings. The summed E-state index contributed by atoms with van der Waals surface area (Å²) in [5.41, 5.74) is -0.720. The van der Waals surface area contributed by atoms with Crippen LogP contribution in [0, 0.1) is 0 Å². The predicted molar refractivity (Wildman–Crippen MR) is 54.4 cm³/mol. The lowest BCUT2D eigenvalue weighted by Gasteiger charge is -2.27. The second-order valence-electron chi connectivity index (χ2n) is 3.45. The zero-order chi connectivity index (χ0) is 10.9. The van der Waals surface area contributed by atoms with Gasteiger partial charge in [0.2, 0.25) is 0 Å². The van der Waals surface area contributed by atoms with Crippen LogP contribution in [0.1, 0.15) is 19.3 Å². The summed E-state index contributed by atoms with van der Waals surface area (Å²) in [7, 11) is 4.90. The van der Waals surface area contributed by atoms with E-state index in [1.54, 1.807) is 21.3 Å². The van der Waals surface area contributed by atoms with Gasteiger partial charge >= 0.3 is 0 Å². The Balaban J connectivity index is 3.89. The van der Waals surface area contributed by atoms with E-state index in [2.05, 4.69) is 0 Å². The Morgan fingerprint density at radius 3 is 1.29 bits per heavy atom. The Labute approximate surface area is 86.2 Å². The summed E-state index contributed by atoms with van der Waals surface area (Å²) < 4.78 is 14.9. The fraction of sp³-hybridized carbons (Fsp3) is 1.00. The number of rotatable bonds is 9. The number of hydrogen-bond donors (Lipinski definition) is 1. The molecule has 0 saturated carbocycles. The average Bonchev–Trinajstić information content (AvgIpc) is 2.21. The van der Waals surface area contributed by atoms with Crippen LogP contribution in [0.5, 0.6) is 0 Å². The summed E-state index contributed by atoms with van der Waals surface area (Å²) in [6, 6.07) is 0. The van der Waals surface area contributed by atoms with Crippen molar-refractivity contribution in [2.75, 3.05) is 41.2 Å². The van der Waals surface area contributed by atoms with E-state index in [0.717, 1.165) is 0 Å². The molecule has 0 heterocycles. The smallest absolute Gasteiger partial charge is 0.0713 e. The third-order valence-electron chi connectivity index (χ3n) is 2.31. The van der Waals surface area contributed by atoms with Crippen molar-refractivity contribution in [1.29, 1.82) is 0 Å². The number of ether oxygens (including phenoxy) is 3. The maximum atomic E-state index is 10.2. The molecule has 0 saturated heterocycles. The molecule has 0 aromatic rings. The molecule has 0 aromatic carbocycles. The van der Waals surface area contributed by atoms with E-state index in [4.69, 9.17) is 14.2 Å². The third-order valence-corrected chi connectivity index (χ3v) is 2.31. The van der Waals surface area contributed by atoms with Crippen molar-refractivity contribution in [3.05, 3.63) is 0 Å². The Morgan fingerprint density at radius 2 is 1.07 bits per heavy atom. The van der Waals surface area contributed by atoms with Crippen LogP contribution in [-0.2, 0) is 14.2 Å². The van der Waals surface area contributed by atoms with Crippen LogP contribution < -0.4 is 0 Å². The van der Waals surface area contributed by atoms with Crippen molar-refractivity contribution in [3.8, 4) is 0 Å². The van der Waals surface area contributed by atoms with Gasteiger partial charge < -0.3 is 19.3 Å². The molecule has 1 N–H and O–H groups in total. The Morgan fingerprint density at radius 1 is 0.786 bits per heavy atom. The second kappa shape index (κ2) is 8.17. The predicted octanol–water partition coefficient (Wildman–Crippen LogP) is 0.827. The van der Waals surface area contributed by atoms with Gasteiger partial charge in [0, 0.05) is 41.2 Å². The van der Waals surface area contributed by atoms with Gasteiger partial charge in [-0.1, -0.05) is 0 Å². The fourth-order valence-corrected chi connectivity index (χ4v) is 1.25. The van der Waals surface area contributed by atoms with Gasteiger partial charge in [0.05, 0.1) is 5.60 Å². The quantitative estimate of drug-likeness (QED) is 0.607. The highest BCUT2D eigenvalue weighted by molar-refractivity contribution is 4.78. The molecule has 4 heteroatoms. The molecule has 0 atom stereocenters. The van der Waals surface area contributed by atoms with Gasteiger partial charge in [-0.15, -0.1) is 0 Å². The molecule has 0 aliphatic carbocycles. The summed E-state index contributed by atoms with van der Waals surface area (Å²) in [4.78, 5) is 0. The maximum Gasteiger partial charge on any atom is 0.0713 e. The molecule has 0 aromatic heterocycles. The number of aliphatic hydroxyl groups is 1. The molecule has 0 rings (SSSR count). The minimum absolute atomic E-state index is 0.559. The normalized spacial score (nSPS) is 12.0. The molecule has 86 valence electrons. The lowest BCUT2D eigenvalue weighted by molar-refractivity contribution is -0.0362. The van der Waals surface area contributed by atoms with E-state index >= 15 is 0 Å². The van der Waals surface area contributed by atoms with E-state index in [9.17, 15) is 5.11 Å². The first kappa shape index (κ1) is 13.8. The van der Waals surface area contributed by atoms with E-state index in [-0.39, 0.29) is 0 Å². The van der Waals surface area contributed by atoms with Gasteiger partial charge in [-0.25, -0.2) is 0 Å². The van der Waals surface area contributed by atoms with Crippen LogP contribution in [0.4, 0.5) is 0 Å². The molecule has 0 amide bonds. The zero-order valence-electron chi connectivity index (χ0n) is 9.41. The summed E-state index contributed by atoms with van der Waals surface area (Å²) in [5, 5.41) is 10.2. The minimum atomic E-state index is -0.720. The van der Waals surface area contributed by atoms with Crippen molar-refractivity contribution < 1.29 is 19.3 Å². The first-order chi connectivity index (χ1) is 6.68. The molecule has 4 nitrogen and oxygen atoms in total. The van der Waals surface area contributed by atoms with Crippen LogP contribution in [0.25, 0.3) is 0 Å². The van der Waals surface area contributed by atoms with Crippen molar-refractivity contribution in [2.24, 2.45) is 0 Å². The van der Waals surface area contributed by atoms with Crippen LogP contribution >= 0.6 is 0 Å². The Hall–Kier alpha value is -0.160. The van der Waals surface area contributed by atoms with Crippen molar-refractivity contribution in [3.63, 3.8) is 0 Å². The van der Waals surface area contributed by atoms with E-state index in [0.29, 0.717) is 39.1 Å². The topological polar surface area (TPSA) is 47.9 Å². The highest BCUT2D eigenvalue weighted by Gasteiger charge is 2.25. The summed E-state index contributed by atoms with van der Waals surface area (Å²) in [6.45, 7) is 1.68. The molecule has 0 radical (unpaired) electrons. The maximum absolute atomic E-state index is 10.2. The van der Waals surface area contributed by atoms with Crippen LogP contribution in [0.3, 0.4) is 0 Å². The van der Waals surface area contributed by atoms with Gasteiger partial charge in [0.25, 0.3) is 0 Å². The molecule has 0 fully saturated rings. The van der Waals surface area contributed by atoms with Gasteiger partial charge in [-0.05, 0) is 19.3 Å². The van der Waals surface area contributed by atoms with E-state index < -0.39 is 5.60 Å². The molecular weight excluding hydrogens is 184 g/mol. The minimum Gasteiger partial charge on any atom is -0.390 e. The van der Waals surface area contributed by atoms with Gasteiger partial charge in [0.15, 0.2) is 0 Å². The molecule has 0 bridgehead atoms. The van der Waals surface area contributed by atoms with Crippen LogP contribution in [-0.4, -0.2) is 51.9 Å². The summed E-state index contributed by atoms with van der Waals surface area (Å²) >= 11 is 0. The molecule has 0 aliphatic heterocycles. The van der Waals surface area contributed by atoms with E-state index in [1.165, 1.54) is 0 Å². The first-order valence-electron chi connectivity index (χ1n) is 4.88. The SMILES string of the molecule is COCCC(O)(CCOC)CCOC. The monoisotopic (exact) mass is 206 g/mol. The van der Waals surface area contributed by atoms with Gasteiger partial charge in [-0.3, -0.25) is 0 Å². The molecule has 14 heavy (non-hydrogen) atoms. The molecule has 0 unspecified atom stereocenters.